The first-order valence-electron chi connectivity index (χ1n) is 6.80. The van der Waals surface area contributed by atoms with E-state index in [1.165, 1.54) is 0 Å². The van der Waals surface area contributed by atoms with Crippen LogP contribution in [-0.4, -0.2) is 44.2 Å². The molecule has 5 heteroatoms. The summed E-state index contributed by atoms with van der Waals surface area (Å²) in [6.07, 6.45) is 0. The molecule has 1 aromatic rings. The monoisotopic (exact) mass is 279 g/mol. The van der Waals surface area contributed by atoms with Crippen LogP contribution in [0.3, 0.4) is 0 Å². The van der Waals surface area contributed by atoms with Crippen LogP contribution in [0.4, 0.5) is 0 Å². The fourth-order valence-corrected chi connectivity index (χ4v) is 2.11. The van der Waals surface area contributed by atoms with Gasteiger partial charge in [-0.15, -0.1) is 0 Å². The number of nitrogens with zero attached hydrogens (tertiary/aromatic N) is 1. The van der Waals surface area contributed by atoms with Gasteiger partial charge in [0.15, 0.2) is 0 Å². The molecule has 3 N–H and O–H groups in total. The van der Waals surface area contributed by atoms with Gasteiger partial charge in [0.1, 0.15) is 0 Å². The standard InChI is InChI=1S/C15H25N3O2/c1-12(11-20-3)17-15(19)10-18(2)9-14-7-5-4-6-13(14)8-16/h4-7,12H,8-11,16H2,1-3H3,(H,17,19). The van der Waals surface area contributed by atoms with E-state index in [2.05, 4.69) is 5.32 Å². The third-order valence-electron chi connectivity index (χ3n) is 3.02. The molecule has 0 aromatic heterocycles. The zero-order valence-electron chi connectivity index (χ0n) is 12.6. The third kappa shape index (κ3) is 5.69. The van der Waals surface area contributed by atoms with Crippen LogP contribution in [0.1, 0.15) is 18.1 Å². The van der Waals surface area contributed by atoms with Crippen LogP contribution >= 0.6 is 0 Å². The molecule has 20 heavy (non-hydrogen) atoms. The molecule has 0 fully saturated rings. The average molecular weight is 279 g/mol. The lowest BCUT2D eigenvalue weighted by molar-refractivity contribution is -0.123. The Bertz CT molecular complexity index is 423. The van der Waals surface area contributed by atoms with Gasteiger partial charge >= 0.3 is 0 Å². The molecule has 0 saturated carbocycles. The Labute approximate surface area is 121 Å². The molecule has 1 aromatic carbocycles. The second kappa shape index (κ2) is 8.68. The number of nitrogens with two attached hydrogens (primary N) is 1. The highest BCUT2D eigenvalue weighted by atomic mass is 16.5. The molecule has 0 radical (unpaired) electrons. The first kappa shape index (κ1) is 16.6. The summed E-state index contributed by atoms with van der Waals surface area (Å²) in [5, 5.41) is 2.90. The zero-order chi connectivity index (χ0) is 15.0. The van der Waals surface area contributed by atoms with Crippen molar-refractivity contribution in [2.45, 2.75) is 26.1 Å². The summed E-state index contributed by atoms with van der Waals surface area (Å²) < 4.78 is 4.99. The second-order valence-corrected chi connectivity index (χ2v) is 5.07. The predicted molar refractivity (Wildman–Crippen MR) is 80.1 cm³/mol. The van der Waals surface area contributed by atoms with Crippen LogP contribution < -0.4 is 11.1 Å². The molecule has 5 nitrogen and oxygen atoms in total. The van der Waals surface area contributed by atoms with Gasteiger partial charge in [-0.25, -0.2) is 0 Å². The number of amides is 1. The van der Waals surface area contributed by atoms with Crippen LogP contribution in [0.25, 0.3) is 0 Å². The smallest absolute Gasteiger partial charge is 0.234 e. The lowest BCUT2D eigenvalue weighted by atomic mass is 10.1. The van der Waals surface area contributed by atoms with E-state index in [0.717, 1.165) is 11.1 Å². The number of carbonyl (C=O) groups excluding carboxylic acids is 1. The first-order chi connectivity index (χ1) is 9.56. The van der Waals surface area contributed by atoms with Gasteiger partial charge < -0.3 is 15.8 Å². The molecule has 0 bridgehead atoms. The van der Waals surface area contributed by atoms with Crippen LogP contribution in [0, 0.1) is 0 Å². The minimum atomic E-state index is 0.00211. The molecule has 0 aliphatic rings. The molecule has 0 aliphatic carbocycles. The summed E-state index contributed by atoms with van der Waals surface area (Å²) in [6.45, 7) is 4.02. The van der Waals surface area contributed by atoms with Crippen molar-refractivity contribution < 1.29 is 9.53 Å². The molecule has 0 spiro atoms. The minimum Gasteiger partial charge on any atom is -0.383 e. The van der Waals surface area contributed by atoms with Gasteiger partial charge in [-0.2, -0.15) is 0 Å². The van der Waals surface area contributed by atoms with Crippen molar-refractivity contribution in [2.24, 2.45) is 5.73 Å². The van der Waals surface area contributed by atoms with Gasteiger partial charge in [-0.1, -0.05) is 24.3 Å². The molecular weight excluding hydrogens is 254 g/mol. The van der Waals surface area contributed by atoms with E-state index < -0.39 is 0 Å². The van der Waals surface area contributed by atoms with Crippen molar-refractivity contribution in [1.29, 1.82) is 0 Å². The third-order valence-corrected chi connectivity index (χ3v) is 3.02. The summed E-state index contributed by atoms with van der Waals surface area (Å²) in [6, 6.07) is 8.05. The van der Waals surface area contributed by atoms with Crippen molar-refractivity contribution in [3.63, 3.8) is 0 Å². The highest BCUT2D eigenvalue weighted by Gasteiger charge is 2.11. The van der Waals surface area contributed by atoms with Gasteiger partial charge in [0.2, 0.25) is 5.91 Å². The van der Waals surface area contributed by atoms with E-state index in [1.807, 2.05) is 43.1 Å². The van der Waals surface area contributed by atoms with E-state index in [-0.39, 0.29) is 11.9 Å². The van der Waals surface area contributed by atoms with Crippen molar-refractivity contribution in [3.05, 3.63) is 35.4 Å². The maximum absolute atomic E-state index is 11.9. The van der Waals surface area contributed by atoms with Crippen molar-refractivity contribution in [2.75, 3.05) is 27.3 Å². The summed E-state index contributed by atoms with van der Waals surface area (Å²) >= 11 is 0. The summed E-state index contributed by atoms with van der Waals surface area (Å²) in [7, 11) is 3.55. The van der Waals surface area contributed by atoms with Gasteiger partial charge in [-0.3, -0.25) is 9.69 Å². The van der Waals surface area contributed by atoms with Crippen LogP contribution in [-0.2, 0) is 22.6 Å². The first-order valence-corrected chi connectivity index (χ1v) is 6.80. The Morgan fingerprint density at radius 2 is 2.05 bits per heavy atom. The SMILES string of the molecule is COCC(C)NC(=O)CN(C)Cc1ccccc1CN. The highest BCUT2D eigenvalue weighted by molar-refractivity contribution is 5.78. The number of methoxy groups -OCH3 is 1. The van der Waals surface area contributed by atoms with Gasteiger partial charge in [0.25, 0.3) is 0 Å². The highest BCUT2D eigenvalue weighted by Crippen LogP contribution is 2.10. The quantitative estimate of drug-likeness (QED) is 0.736. The fourth-order valence-electron chi connectivity index (χ4n) is 2.11. The lowest BCUT2D eigenvalue weighted by Crippen LogP contribution is -2.41. The molecular formula is C15H25N3O2. The molecule has 0 heterocycles. The number of benzene rings is 1. The molecule has 1 atom stereocenters. The Kier molecular flexibility index (Phi) is 7.22. The van der Waals surface area contributed by atoms with Crippen molar-refractivity contribution in [3.8, 4) is 0 Å². The fraction of sp³-hybridized carbons (Fsp3) is 0.533. The maximum atomic E-state index is 11.9. The van der Waals surface area contributed by atoms with E-state index in [1.54, 1.807) is 7.11 Å². The Morgan fingerprint density at radius 3 is 2.65 bits per heavy atom. The van der Waals surface area contributed by atoms with E-state index in [4.69, 9.17) is 10.5 Å². The van der Waals surface area contributed by atoms with E-state index in [0.29, 0.717) is 26.2 Å². The Balaban J connectivity index is 2.46. The Hall–Kier alpha value is -1.43. The number of hydrogen-bond donors (Lipinski definition) is 2. The van der Waals surface area contributed by atoms with Crippen LogP contribution in [0.5, 0.6) is 0 Å². The van der Waals surface area contributed by atoms with E-state index in [9.17, 15) is 4.79 Å². The van der Waals surface area contributed by atoms with Gasteiger partial charge in [0.05, 0.1) is 13.2 Å². The second-order valence-electron chi connectivity index (χ2n) is 5.07. The van der Waals surface area contributed by atoms with Crippen LogP contribution in [0.2, 0.25) is 0 Å². The number of likely N-dealkylation sites (N-methyl/N-ethyl adjacent to an activating group) is 1. The minimum absolute atomic E-state index is 0.00211. The van der Waals surface area contributed by atoms with Crippen molar-refractivity contribution >= 4 is 5.91 Å². The number of carbonyl (C=O) groups is 1. The number of hydrogen-bond acceptors (Lipinski definition) is 4. The summed E-state index contributed by atoms with van der Waals surface area (Å²) in [5.41, 5.74) is 8.00. The number of nitrogens with one attached hydrogen (secondary N) is 1. The van der Waals surface area contributed by atoms with Gasteiger partial charge in [0, 0.05) is 26.2 Å². The predicted octanol–water partition coefficient (Wildman–Crippen LogP) is 0.728. The molecule has 0 saturated heterocycles. The zero-order valence-corrected chi connectivity index (χ0v) is 12.6. The molecule has 1 amide bonds. The lowest BCUT2D eigenvalue weighted by Gasteiger charge is -2.20. The number of rotatable bonds is 8. The molecule has 1 rings (SSSR count). The summed E-state index contributed by atoms with van der Waals surface area (Å²) in [5.74, 6) is 0.00211. The number of ether oxygens (including phenoxy) is 1. The largest absolute Gasteiger partial charge is 0.383 e. The molecule has 1 unspecified atom stereocenters. The summed E-state index contributed by atoms with van der Waals surface area (Å²) in [4.78, 5) is 13.8. The normalized spacial score (nSPS) is 12.4. The average Bonchev–Trinajstić information content (AvgIpc) is 2.39. The van der Waals surface area contributed by atoms with Gasteiger partial charge in [-0.05, 0) is 25.1 Å². The van der Waals surface area contributed by atoms with Crippen molar-refractivity contribution in [1.82, 2.24) is 10.2 Å². The molecule has 0 aliphatic heterocycles. The topological polar surface area (TPSA) is 67.6 Å². The van der Waals surface area contributed by atoms with E-state index >= 15 is 0 Å². The molecule has 112 valence electrons. The van der Waals surface area contributed by atoms with Crippen LogP contribution in [0.15, 0.2) is 24.3 Å². The maximum Gasteiger partial charge on any atom is 0.234 e. The Morgan fingerprint density at radius 1 is 1.40 bits per heavy atom.